The third kappa shape index (κ3) is 3.45. The Morgan fingerprint density at radius 3 is 2.82 bits per heavy atom. The summed E-state index contributed by atoms with van der Waals surface area (Å²) in [4.78, 5) is 22.8. The monoisotopic (exact) mass is 396 g/mol. The molecule has 0 spiro atoms. The molecule has 0 saturated heterocycles. The number of thiophene rings is 1. The minimum Gasteiger partial charge on any atom is -0.493 e. The summed E-state index contributed by atoms with van der Waals surface area (Å²) in [6.07, 6.45) is 6.32. The van der Waals surface area contributed by atoms with Gasteiger partial charge in [0.1, 0.15) is 10.7 Å². The van der Waals surface area contributed by atoms with Gasteiger partial charge in [0, 0.05) is 11.0 Å². The summed E-state index contributed by atoms with van der Waals surface area (Å²) < 4.78 is 16.3. The van der Waals surface area contributed by atoms with Crippen molar-refractivity contribution in [2.75, 3.05) is 14.2 Å². The van der Waals surface area contributed by atoms with E-state index in [0.29, 0.717) is 23.2 Å². The van der Waals surface area contributed by atoms with Gasteiger partial charge in [0.25, 0.3) is 0 Å². The van der Waals surface area contributed by atoms with Crippen molar-refractivity contribution in [1.82, 2.24) is 9.97 Å². The number of carbonyl (C=O) groups is 1. The molecule has 1 aliphatic carbocycles. The van der Waals surface area contributed by atoms with Crippen molar-refractivity contribution in [3.05, 3.63) is 46.1 Å². The molecule has 1 aliphatic rings. The number of nitrogens with zero attached hydrogens (tertiary/aromatic N) is 2. The third-order valence-corrected chi connectivity index (χ3v) is 5.84. The highest BCUT2D eigenvalue weighted by molar-refractivity contribution is 7.19. The largest absolute Gasteiger partial charge is 0.493 e. The van der Waals surface area contributed by atoms with Crippen LogP contribution in [-0.4, -0.2) is 30.2 Å². The van der Waals surface area contributed by atoms with E-state index < -0.39 is 5.97 Å². The Morgan fingerprint density at radius 1 is 1.18 bits per heavy atom. The highest BCUT2D eigenvalue weighted by Gasteiger charge is 2.23. The standard InChI is InChI=1S/C21H20N2O4S/c1-12-22-20(19-14-5-4-6-17(14)28-21(19)23-12)27-15-9-7-13(11-16(15)25-2)8-10-18(24)26-3/h7-11H,4-6H2,1-3H3/b10-8+. The Bertz CT molecular complexity index is 1090. The number of benzene rings is 1. The van der Waals surface area contributed by atoms with E-state index in [1.54, 1.807) is 30.6 Å². The Hall–Kier alpha value is -2.93. The molecule has 0 N–H and O–H groups in total. The molecule has 0 aliphatic heterocycles. The van der Waals surface area contributed by atoms with Crippen molar-refractivity contribution in [2.45, 2.75) is 26.2 Å². The van der Waals surface area contributed by atoms with Crippen molar-refractivity contribution in [2.24, 2.45) is 0 Å². The van der Waals surface area contributed by atoms with Crippen molar-refractivity contribution in [3.63, 3.8) is 0 Å². The van der Waals surface area contributed by atoms with Crippen LogP contribution >= 0.6 is 11.3 Å². The van der Waals surface area contributed by atoms with E-state index in [-0.39, 0.29) is 0 Å². The summed E-state index contributed by atoms with van der Waals surface area (Å²) in [6, 6.07) is 5.46. The molecule has 0 unspecified atom stereocenters. The second-order valence-electron chi connectivity index (χ2n) is 6.48. The fraction of sp³-hybridized carbons (Fsp3) is 0.286. The molecule has 28 heavy (non-hydrogen) atoms. The van der Waals surface area contributed by atoms with Gasteiger partial charge in [0.05, 0.1) is 19.6 Å². The number of esters is 1. The summed E-state index contributed by atoms with van der Waals surface area (Å²) in [7, 11) is 2.93. The molecule has 2 heterocycles. The molecule has 0 fully saturated rings. The molecule has 3 aromatic rings. The average molecular weight is 396 g/mol. The topological polar surface area (TPSA) is 70.5 Å². The van der Waals surface area contributed by atoms with Gasteiger partial charge in [0.2, 0.25) is 5.88 Å². The molecule has 2 aromatic heterocycles. The van der Waals surface area contributed by atoms with Crippen LogP contribution in [0.15, 0.2) is 24.3 Å². The summed E-state index contributed by atoms with van der Waals surface area (Å²) in [5, 5.41) is 1.01. The maximum absolute atomic E-state index is 11.3. The third-order valence-electron chi connectivity index (χ3n) is 4.65. The zero-order chi connectivity index (χ0) is 19.7. The van der Waals surface area contributed by atoms with Crippen molar-refractivity contribution in [1.29, 1.82) is 0 Å². The van der Waals surface area contributed by atoms with Crippen LogP contribution in [-0.2, 0) is 22.4 Å². The van der Waals surface area contributed by atoms with Crippen molar-refractivity contribution >= 4 is 33.6 Å². The summed E-state index contributed by atoms with van der Waals surface area (Å²) >= 11 is 1.73. The average Bonchev–Trinajstić information content (AvgIpc) is 3.27. The molecule has 4 rings (SSSR count). The predicted octanol–water partition coefficient (Wildman–Crippen LogP) is 4.48. The molecular formula is C21H20N2O4S. The van der Waals surface area contributed by atoms with E-state index >= 15 is 0 Å². The summed E-state index contributed by atoms with van der Waals surface area (Å²) in [5.74, 6) is 1.96. The van der Waals surface area contributed by atoms with Gasteiger partial charge in [-0.2, -0.15) is 4.98 Å². The molecule has 0 amide bonds. The molecule has 7 heteroatoms. The molecule has 0 radical (unpaired) electrons. The lowest BCUT2D eigenvalue weighted by molar-refractivity contribution is -0.134. The minimum absolute atomic E-state index is 0.413. The smallest absolute Gasteiger partial charge is 0.330 e. The number of fused-ring (bicyclic) bond motifs is 3. The van der Waals surface area contributed by atoms with Gasteiger partial charge in [-0.3, -0.25) is 0 Å². The second-order valence-corrected chi connectivity index (χ2v) is 7.57. The first-order valence-corrected chi connectivity index (χ1v) is 9.81. The normalized spacial score (nSPS) is 13.1. The first-order chi connectivity index (χ1) is 13.6. The molecule has 0 bridgehead atoms. The number of methoxy groups -OCH3 is 2. The molecule has 1 aromatic carbocycles. The van der Waals surface area contributed by atoms with Gasteiger partial charge in [-0.15, -0.1) is 11.3 Å². The van der Waals surface area contributed by atoms with Gasteiger partial charge in [-0.05, 0) is 55.5 Å². The van der Waals surface area contributed by atoms with E-state index in [0.717, 1.165) is 35.0 Å². The number of aromatic nitrogens is 2. The van der Waals surface area contributed by atoms with Crippen LogP contribution in [0.3, 0.4) is 0 Å². The Balaban J connectivity index is 1.71. The van der Waals surface area contributed by atoms with E-state index in [4.69, 9.17) is 9.47 Å². The van der Waals surface area contributed by atoms with Crippen LogP contribution in [0.2, 0.25) is 0 Å². The highest BCUT2D eigenvalue weighted by Crippen LogP contribution is 2.42. The summed E-state index contributed by atoms with van der Waals surface area (Å²) in [6.45, 7) is 1.87. The van der Waals surface area contributed by atoms with Crippen LogP contribution in [0.1, 0.15) is 28.2 Å². The van der Waals surface area contributed by atoms with Crippen LogP contribution in [0.5, 0.6) is 17.4 Å². The van der Waals surface area contributed by atoms with Crippen LogP contribution < -0.4 is 9.47 Å². The van der Waals surface area contributed by atoms with Gasteiger partial charge < -0.3 is 14.2 Å². The van der Waals surface area contributed by atoms with E-state index in [2.05, 4.69) is 14.7 Å². The van der Waals surface area contributed by atoms with Crippen molar-refractivity contribution < 1.29 is 19.0 Å². The maximum Gasteiger partial charge on any atom is 0.330 e. The van der Waals surface area contributed by atoms with Crippen LogP contribution in [0.4, 0.5) is 0 Å². The number of aryl methyl sites for hydroxylation is 3. The first-order valence-electron chi connectivity index (χ1n) is 9.00. The van der Waals surface area contributed by atoms with Crippen LogP contribution in [0, 0.1) is 6.92 Å². The lowest BCUT2D eigenvalue weighted by atomic mass is 10.2. The lowest BCUT2D eigenvalue weighted by Gasteiger charge is -2.12. The molecule has 6 nitrogen and oxygen atoms in total. The summed E-state index contributed by atoms with van der Waals surface area (Å²) in [5.41, 5.74) is 2.11. The van der Waals surface area contributed by atoms with Gasteiger partial charge >= 0.3 is 5.97 Å². The van der Waals surface area contributed by atoms with E-state index in [1.807, 2.05) is 19.1 Å². The van der Waals surface area contributed by atoms with E-state index in [9.17, 15) is 4.79 Å². The fourth-order valence-corrected chi connectivity index (χ4v) is 4.64. The van der Waals surface area contributed by atoms with Crippen molar-refractivity contribution in [3.8, 4) is 17.4 Å². The predicted molar refractivity (Wildman–Crippen MR) is 108 cm³/mol. The number of hydrogen-bond donors (Lipinski definition) is 0. The molecule has 0 atom stereocenters. The van der Waals surface area contributed by atoms with Gasteiger partial charge in [-0.1, -0.05) is 6.07 Å². The lowest BCUT2D eigenvalue weighted by Crippen LogP contribution is -1.97. The minimum atomic E-state index is -0.413. The quantitative estimate of drug-likeness (QED) is 0.468. The number of ether oxygens (including phenoxy) is 3. The van der Waals surface area contributed by atoms with E-state index in [1.165, 1.54) is 23.6 Å². The second kappa shape index (κ2) is 7.59. The Kier molecular flexibility index (Phi) is 5.00. The fourth-order valence-electron chi connectivity index (χ4n) is 3.35. The maximum atomic E-state index is 11.3. The zero-order valence-corrected chi connectivity index (χ0v) is 16.8. The Labute approximate surface area is 166 Å². The van der Waals surface area contributed by atoms with Gasteiger partial charge in [-0.25, -0.2) is 9.78 Å². The molecular weight excluding hydrogens is 376 g/mol. The van der Waals surface area contributed by atoms with Crippen LogP contribution in [0.25, 0.3) is 16.3 Å². The number of rotatable bonds is 5. The SMILES string of the molecule is COC(=O)/C=C/c1ccc(Oc2nc(C)nc3sc4c(c23)CCC4)c(OC)c1. The Morgan fingerprint density at radius 2 is 2.04 bits per heavy atom. The number of hydrogen-bond acceptors (Lipinski definition) is 7. The first kappa shape index (κ1) is 18.4. The number of carbonyl (C=O) groups excluding carboxylic acids is 1. The molecule has 0 saturated carbocycles. The molecule has 144 valence electrons. The zero-order valence-electron chi connectivity index (χ0n) is 15.9. The highest BCUT2D eigenvalue weighted by atomic mass is 32.1. The van der Waals surface area contributed by atoms with Gasteiger partial charge in [0.15, 0.2) is 11.5 Å².